The SMILES string of the molecule is CCOc1ccc(NC(=O)c2cc3cc(Cl)ccc3n2NC(=O)C(=O)Nc2ccccc2OC)cc1. The van der Waals surface area contributed by atoms with E-state index in [1.165, 1.54) is 11.8 Å². The first-order valence-corrected chi connectivity index (χ1v) is 11.4. The highest BCUT2D eigenvalue weighted by atomic mass is 35.5. The number of para-hydroxylation sites is 2. The third kappa shape index (κ3) is 5.42. The van der Waals surface area contributed by atoms with Crippen LogP contribution in [0.3, 0.4) is 0 Å². The minimum Gasteiger partial charge on any atom is -0.495 e. The summed E-state index contributed by atoms with van der Waals surface area (Å²) in [4.78, 5) is 38.6. The molecule has 0 atom stereocenters. The number of nitrogens with one attached hydrogen (secondary N) is 3. The van der Waals surface area contributed by atoms with E-state index in [0.717, 1.165) is 0 Å². The summed E-state index contributed by atoms with van der Waals surface area (Å²) in [5.74, 6) is -1.35. The summed E-state index contributed by atoms with van der Waals surface area (Å²) >= 11 is 6.12. The zero-order valence-electron chi connectivity index (χ0n) is 19.5. The van der Waals surface area contributed by atoms with Crippen molar-refractivity contribution in [2.45, 2.75) is 6.92 Å². The molecule has 0 aliphatic rings. The van der Waals surface area contributed by atoms with Crippen LogP contribution in [-0.4, -0.2) is 36.1 Å². The van der Waals surface area contributed by atoms with Gasteiger partial charge in [-0.1, -0.05) is 23.7 Å². The van der Waals surface area contributed by atoms with E-state index in [2.05, 4.69) is 16.1 Å². The van der Waals surface area contributed by atoms with Crippen molar-refractivity contribution in [1.82, 2.24) is 4.68 Å². The molecule has 1 heterocycles. The van der Waals surface area contributed by atoms with Crippen LogP contribution in [0.15, 0.2) is 72.8 Å². The molecule has 3 aromatic carbocycles. The molecule has 4 rings (SSSR count). The summed E-state index contributed by atoms with van der Waals surface area (Å²) in [5.41, 5.74) is 3.94. The highest BCUT2D eigenvalue weighted by Gasteiger charge is 2.22. The van der Waals surface area contributed by atoms with Crippen LogP contribution in [-0.2, 0) is 9.59 Å². The number of amides is 3. The summed E-state index contributed by atoms with van der Waals surface area (Å²) in [6.07, 6.45) is 0. The van der Waals surface area contributed by atoms with Crippen molar-refractivity contribution in [3.8, 4) is 11.5 Å². The molecule has 0 radical (unpaired) electrons. The Bertz CT molecular complexity index is 1430. The third-order valence-electron chi connectivity index (χ3n) is 5.19. The van der Waals surface area contributed by atoms with Crippen LogP contribution in [0.1, 0.15) is 17.4 Å². The topological polar surface area (TPSA) is 111 Å². The summed E-state index contributed by atoms with van der Waals surface area (Å²) in [7, 11) is 1.46. The van der Waals surface area contributed by atoms with E-state index in [1.807, 2.05) is 6.92 Å². The molecule has 0 aliphatic carbocycles. The van der Waals surface area contributed by atoms with E-state index >= 15 is 0 Å². The average molecular weight is 507 g/mol. The van der Waals surface area contributed by atoms with Gasteiger partial charge in [0.1, 0.15) is 17.2 Å². The number of carbonyl (C=O) groups is 3. The lowest BCUT2D eigenvalue weighted by Gasteiger charge is -2.14. The molecular formula is C26H23ClN4O5. The monoisotopic (exact) mass is 506 g/mol. The highest BCUT2D eigenvalue weighted by Crippen LogP contribution is 2.25. The maximum absolute atomic E-state index is 13.2. The van der Waals surface area contributed by atoms with E-state index in [9.17, 15) is 14.4 Å². The van der Waals surface area contributed by atoms with Gasteiger partial charge in [-0.25, -0.2) is 4.68 Å². The van der Waals surface area contributed by atoms with Gasteiger partial charge < -0.3 is 20.1 Å². The number of hydrogen-bond donors (Lipinski definition) is 3. The van der Waals surface area contributed by atoms with Gasteiger partial charge >= 0.3 is 11.8 Å². The summed E-state index contributed by atoms with van der Waals surface area (Å²) in [6, 6.07) is 20.1. The van der Waals surface area contributed by atoms with Gasteiger partial charge in [0.15, 0.2) is 0 Å². The molecule has 0 unspecified atom stereocenters. The van der Waals surface area contributed by atoms with Crippen LogP contribution in [0.25, 0.3) is 10.9 Å². The number of benzene rings is 3. The molecule has 10 heteroatoms. The van der Waals surface area contributed by atoms with Crippen molar-refractivity contribution in [1.29, 1.82) is 0 Å². The van der Waals surface area contributed by atoms with E-state index in [-0.39, 0.29) is 5.69 Å². The maximum Gasteiger partial charge on any atom is 0.328 e. The second kappa shape index (κ2) is 10.8. The Morgan fingerprint density at radius 3 is 2.39 bits per heavy atom. The number of rotatable bonds is 7. The number of nitrogens with zero attached hydrogens (tertiary/aromatic N) is 1. The Morgan fingerprint density at radius 2 is 1.67 bits per heavy atom. The summed E-state index contributed by atoms with van der Waals surface area (Å²) in [5, 5.41) is 6.35. The van der Waals surface area contributed by atoms with Crippen LogP contribution >= 0.6 is 11.6 Å². The number of aromatic nitrogens is 1. The Labute approximate surface area is 211 Å². The fourth-order valence-electron chi connectivity index (χ4n) is 3.55. The van der Waals surface area contributed by atoms with E-state index in [1.54, 1.807) is 72.8 Å². The third-order valence-corrected chi connectivity index (χ3v) is 5.43. The predicted molar refractivity (Wildman–Crippen MR) is 139 cm³/mol. The number of hydrogen-bond acceptors (Lipinski definition) is 5. The molecule has 3 N–H and O–H groups in total. The summed E-state index contributed by atoms with van der Waals surface area (Å²) < 4.78 is 11.9. The van der Waals surface area contributed by atoms with Crippen molar-refractivity contribution >= 4 is 51.6 Å². The molecule has 3 amide bonds. The molecule has 9 nitrogen and oxygen atoms in total. The largest absolute Gasteiger partial charge is 0.495 e. The molecule has 36 heavy (non-hydrogen) atoms. The molecule has 4 aromatic rings. The lowest BCUT2D eigenvalue weighted by Crippen LogP contribution is -2.36. The first-order valence-electron chi connectivity index (χ1n) is 11.0. The van der Waals surface area contributed by atoms with Crippen molar-refractivity contribution in [3.63, 3.8) is 0 Å². The highest BCUT2D eigenvalue weighted by molar-refractivity contribution is 6.42. The molecule has 0 saturated carbocycles. The Balaban J connectivity index is 1.59. The van der Waals surface area contributed by atoms with Gasteiger partial charge in [-0.15, -0.1) is 0 Å². The molecule has 1 aromatic heterocycles. The smallest absolute Gasteiger partial charge is 0.328 e. The van der Waals surface area contributed by atoms with Crippen LogP contribution in [0.5, 0.6) is 11.5 Å². The first kappa shape index (κ1) is 24.6. The van der Waals surface area contributed by atoms with E-state index in [0.29, 0.717) is 45.4 Å². The van der Waals surface area contributed by atoms with E-state index in [4.69, 9.17) is 21.1 Å². The maximum atomic E-state index is 13.2. The van der Waals surface area contributed by atoms with Crippen LogP contribution in [0, 0.1) is 0 Å². The van der Waals surface area contributed by atoms with E-state index < -0.39 is 17.7 Å². The average Bonchev–Trinajstić information content (AvgIpc) is 3.23. The van der Waals surface area contributed by atoms with Gasteiger partial charge in [0, 0.05) is 16.1 Å². The number of anilines is 2. The molecule has 0 aliphatic heterocycles. The number of halogens is 1. The van der Waals surface area contributed by atoms with Crippen molar-refractivity contribution in [2.24, 2.45) is 0 Å². The second-order valence-electron chi connectivity index (χ2n) is 7.57. The normalized spacial score (nSPS) is 10.5. The molecule has 0 bridgehead atoms. The molecule has 0 fully saturated rings. The Kier molecular flexibility index (Phi) is 7.41. The second-order valence-corrected chi connectivity index (χ2v) is 8.01. The molecule has 0 spiro atoms. The first-order chi connectivity index (χ1) is 17.4. The van der Waals surface area contributed by atoms with Crippen molar-refractivity contribution in [3.05, 3.63) is 83.5 Å². The predicted octanol–water partition coefficient (Wildman–Crippen LogP) is 4.66. The van der Waals surface area contributed by atoms with Crippen LogP contribution in [0.4, 0.5) is 11.4 Å². The number of methoxy groups -OCH3 is 1. The number of fused-ring (bicyclic) bond motifs is 1. The lowest BCUT2D eigenvalue weighted by molar-refractivity contribution is -0.133. The molecular weight excluding hydrogens is 484 g/mol. The van der Waals surface area contributed by atoms with Gasteiger partial charge in [-0.2, -0.15) is 0 Å². The Morgan fingerprint density at radius 1 is 0.917 bits per heavy atom. The summed E-state index contributed by atoms with van der Waals surface area (Å²) in [6.45, 7) is 2.41. The Hall–Kier alpha value is -4.50. The molecule has 184 valence electrons. The van der Waals surface area contributed by atoms with Crippen molar-refractivity contribution in [2.75, 3.05) is 29.8 Å². The zero-order chi connectivity index (χ0) is 25.7. The number of ether oxygens (including phenoxy) is 2. The zero-order valence-corrected chi connectivity index (χ0v) is 20.3. The van der Waals surface area contributed by atoms with Crippen molar-refractivity contribution < 1.29 is 23.9 Å². The minimum absolute atomic E-state index is 0.0968. The minimum atomic E-state index is -0.983. The van der Waals surface area contributed by atoms with Gasteiger partial charge in [0.25, 0.3) is 5.91 Å². The van der Waals surface area contributed by atoms with Crippen LogP contribution in [0.2, 0.25) is 5.02 Å². The molecule has 0 saturated heterocycles. The van der Waals surface area contributed by atoms with Gasteiger partial charge in [0.05, 0.1) is 24.9 Å². The van der Waals surface area contributed by atoms with Gasteiger partial charge in [-0.05, 0) is 67.6 Å². The number of carbonyl (C=O) groups excluding carboxylic acids is 3. The quantitative estimate of drug-likeness (QED) is 0.316. The standard InChI is InChI=1S/C26H23ClN4O5/c1-3-36-19-11-9-18(10-12-19)28-24(32)22-15-16-14-17(27)8-13-21(16)31(22)30-26(34)25(33)29-20-6-4-5-7-23(20)35-2/h4-15H,3H2,1-2H3,(H,28,32)(H,29,33)(H,30,34). The van der Waals surface area contributed by atoms with Gasteiger partial charge in [0.2, 0.25) is 0 Å². The lowest BCUT2D eigenvalue weighted by atomic mass is 10.2. The van der Waals surface area contributed by atoms with Crippen LogP contribution < -0.4 is 25.5 Å². The fourth-order valence-corrected chi connectivity index (χ4v) is 3.73. The van der Waals surface area contributed by atoms with Gasteiger partial charge in [-0.3, -0.25) is 19.8 Å². The fraction of sp³-hybridized carbons (Fsp3) is 0.115.